The Hall–Kier alpha value is -1.69. The van der Waals surface area contributed by atoms with E-state index in [1.807, 2.05) is 30.3 Å². The third-order valence-corrected chi connectivity index (χ3v) is 5.33. The van der Waals surface area contributed by atoms with E-state index in [0.717, 1.165) is 57.4 Å². The van der Waals surface area contributed by atoms with Crippen molar-refractivity contribution < 1.29 is 9.47 Å². The molecule has 6 heteroatoms. The number of aromatic nitrogens is 1. The van der Waals surface area contributed by atoms with Crippen LogP contribution in [-0.4, -0.2) is 25.7 Å². The Bertz CT molecular complexity index is 924. The molecule has 0 aliphatic rings. The summed E-state index contributed by atoms with van der Waals surface area (Å²) in [4.78, 5) is 3.56. The molecule has 26 heavy (non-hydrogen) atoms. The van der Waals surface area contributed by atoms with Crippen LogP contribution < -0.4 is 15.2 Å². The lowest BCUT2D eigenvalue weighted by Crippen LogP contribution is -1.99. The Kier molecular flexibility index (Phi) is 6.12. The van der Waals surface area contributed by atoms with Gasteiger partial charge in [0.25, 0.3) is 0 Å². The molecule has 0 aliphatic carbocycles. The Labute approximate surface area is 166 Å². The highest BCUT2D eigenvalue weighted by Gasteiger charge is 2.18. The second-order valence-corrected chi connectivity index (χ2v) is 7.39. The zero-order chi connectivity index (χ0) is 18.7. The van der Waals surface area contributed by atoms with Gasteiger partial charge in [-0.25, -0.2) is 0 Å². The maximum atomic E-state index is 6.31. The number of nitrogens with two attached hydrogens (primary N) is 1. The summed E-state index contributed by atoms with van der Waals surface area (Å²) in [5, 5.41) is 1.82. The molecule has 0 amide bonds. The van der Waals surface area contributed by atoms with E-state index in [-0.39, 0.29) is 0 Å². The number of unbranched alkanes of at least 4 members (excludes halogenated alkanes) is 1. The standard InChI is InChI=1S/C20H22BrClN2O2/c1-25-13-6-7-15(18(11-13)26-2)19-14(5-3-4-8-23)16-9-12(22)10-17(21)20(16)24-19/h6-7,9-11,24H,3-5,8,23H2,1-2H3. The molecule has 0 unspecified atom stereocenters. The Morgan fingerprint density at radius 1 is 1.12 bits per heavy atom. The van der Waals surface area contributed by atoms with Crippen LogP contribution in [-0.2, 0) is 6.42 Å². The minimum Gasteiger partial charge on any atom is -0.497 e. The van der Waals surface area contributed by atoms with E-state index in [4.69, 9.17) is 26.8 Å². The summed E-state index contributed by atoms with van der Waals surface area (Å²) < 4.78 is 11.9. The number of benzene rings is 2. The lowest BCUT2D eigenvalue weighted by Gasteiger charge is -2.11. The summed E-state index contributed by atoms with van der Waals surface area (Å²) >= 11 is 9.93. The Morgan fingerprint density at radius 2 is 1.92 bits per heavy atom. The van der Waals surface area contributed by atoms with Gasteiger partial charge in [0.05, 0.1) is 25.4 Å². The van der Waals surface area contributed by atoms with Crippen molar-refractivity contribution in [1.29, 1.82) is 0 Å². The number of nitrogens with one attached hydrogen (secondary N) is 1. The van der Waals surface area contributed by atoms with Crippen molar-refractivity contribution in [2.75, 3.05) is 20.8 Å². The lowest BCUT2D eigenvalue weighted by atomic mass is 9.99. The van der Waals surface area contributed by atoms with Gasteiger partial charge < -0.3 is 20.2 Å². The smallest absolute Gasteiger partial charge is 0.131 e. The fourth-order valence-electron chi connectivity index (χ4n) is 3.21. The topological polar surface area (TPSA) is 60.3 Å². The highest BCUT2D eigenvalue weighted by Crippen LogP contribution is 2.40. The van der Waals surface area contributed by atoms with Gasteiger partial charge in [-0.3, -0.25) is 0 Å². The van der Waals surface area contributed by atoms with E-state index < -0.39 is 0 Å². The highest BCUT2D eigenvalue weighted by molar-refractivity contribution is 9.10. The van der Waals surface area contributed by atoms with E-state index in [1.165, 1.54) is 5.56 Å². The fraction of sp³-hybridized carbons (Fsp3) is 0.300. The number of hydrogen-bond acceptors (Lipinski definition) is 3. The van der Waals surface area contributed by atoms with Crippen LogP contribution in [0.15, 0.2) is 34.8 Å². The Balaban J connectivity index is 2.21. The van der Waals surface area contributed by atoms with E-state index in [0.29, 0.717) is 11.6 Å². The van der Waals surface area contributed by atoms with Crippen molar-refractivity contribution in [2.24, 2.45) is 5.73 Å². The van der Waals surface area contributed by atoms with Gasteiger partial charge in [-0.15, -0.1) is 0 Å². The van der Waals surface area contributed by atoms with Gasteiger partial charge in [0.15, 0.2) is 0 Å². The highest BCUT2D eigenvalue weighted by atomic mass is 79.9. The summed E-state index contributed by atoms with van der Waals surface area (Å²) in [5.41, 5.74) is 9.98. The van der Waals surface area contributed by atoms with Gasteiger partial charge >= 0.3 is 0 Å². The SMILES string of the molecule is COc1ccc(-c2[nH]c3c(Br)cc(Cl)cc3c2CCCCN)c(OC)c1. The number of fused-ring (bicyclic) bond motifs is 1. The first kappa shape index (κ1) is 19.1. The number of hydrogen-bond donors (Lipinski definition) is 2. The number of methoxy groups -OCH3 is 2. The molecule has 0 radical (unpaired) electrons. The summed E-state index contributed by atoms with van der Waals surface area (Å²) in [5.74, 6) is 1.52. The maximum Gasteiger partial charge on any atom is 0.131 e. The van der Waals surface area contributed by atoms with Crippen molar-refractivity contribution in [3.63, 3.8) is 0 Å². The van der Waals surface area contributed by atoms with E-state index in [2.05, 4.69) is 20.9 Å². The third-order valence-electron chi connectivity index (χ3n) is 4.49. The van der Waals surface area contributed by atoms with Gasteiger partial charge in [-0.1, -0.05) is 11.6 Å². The van der Waals surface area contributed by atoms with Crippen LogP contribution in [0.1, 0.15) is 18.4 Å². The molecule has 138 valence electrons. The van der Waals surface area contributed by atoms with Crippen molar-refractivity contribution in [3.05, 3.63) is 45.4 Å². The van der Waals surface area contributed by atoms with Crippen LogP contribution >= 0.6 is 27.5 Å². The van der Waals surface area contributed by atoms with Crippen LogP contribution in [0.4, 0.5) is 0 Å². The van der Waals surface area contributed by atoms with Gasteiger partial charge in [0.1, 0.15) is 11.5 Å². The zero-order valence-corrected chi connectivity index (χ0v) is 17.2. The lowest BCUT2D eigenvalue weighted by molar-refractivity contribution is 0.395. The summed E-state index contributed by atoms with van der Waals surface area (Å²) in [7, 11) is 3.32. The van der Waals surface area contributed by atoms with Crippen LogP contribution in [0.25, 0.3) is 22.2 Å². The first-order chi connectivity index (χ1) is 12.6. The molecule has 0 bridgehead atoms. The first-order valence-electron chi connectivity index (χ1n) is 8.51. The molecule has 0 aliphatic heterocycles. The molecule has 3 rings (SSSR count). The average Bonchev–Trinajstić information content (AvgIpc) is 3.00. The van der Waals surface area contributed by atoms with Crippen molar-refractivity contribution in [3.8, 4) is 22.8 Å². The molecule has 0 atom stereocenters. The predicted octanol–water partition coefficient (Wildman–Crippen LogP) is 5.55. The van der Waals surface area contributed by atoms with Crippen LogP contribution in [0.5, 0.6) is 11.5 Å². The average molecular weight is 438 g/mol. The van der Waals surface area contributed by atoms with Crippen molar-refractivity contribution in [2.45, 2.75) is 19.3 Å². The van der Waals surface area contributed by atoms with Crippen LogP contribution in [0, 0.1) is 0 Å². The molecule has 0 spiro atoms. The van der Waals surface area contributed by atoms with Gasteiger partial charge in [0, 0.05) is 26.5 Å². The molecule has 0 fully saturated rings. The molecule has 0 saturated carbocycles. The number of H-pyrrole nitrogens is 1. The number of aromatic amines is 1. The van der Waals surface area contributed by atoms with Crippen molar-refractivity contribution in [1.82, 2.24) is 4.98 Å². The number of ether oxygens (including phenoxy) is 2. The second kappa shape index (κ2) is 8.33. The minimum atomic E-state index is 0.688. The molecule has 3 aromatic rings. The van der Waals surface area contributed by atoms with Gasteiger partial charge in [0.2, 0.25) is 0 Å². The van der Waals surface area contributed by atoms with Crippen molar-refractivity contribution >= 4 is 38.4 Å². The molecular formula is C20H22BrClN2O2. The third kappa shape index (κ3) is 3.70. The molecular weight excluding hydrogens is 416 g/mol. The second-order valence-electron chi connectivity index (χ2n) is 6.10. The normalized spacial score (nSPS) is 11.1. The largest absolute Gasteiger partial charge is 0.497 e. The molecule has 1 aromatic heterocycles. The summed E-state index contributed by atoms with van der Waals surface area (Å²) in [6, 6.07) is 9.76. The van der Waals surface area contributed by atoms with Gasteiger partial charge in [-0.05, 0) is 71.6 Å². The predicted molar refractivity (Wildman–Crippen MR) is 112 cm³/mol. The summed E-state index contributed by atoms with van der Waals surface area (Å²) in [6.07, 6.45) is 2.90. The number of aryl methyl sites for hydroxylation is 1. The zero-order valence-electron chi connectivity index (χ0n) is 14.9. The van der Waals surface area contributed by atoms with E-state index in [1.54, 1.807) is 14.2 Å². The van der Waals surface area contributed by atoms with E-state index >= 15 is 0 Å². The number of rotatable bonds is 7. The quantitative estimate of drug-likeness (QED) is 0.476. The molecule has 0 saturated heterocycles. The van der Waals surface area contributed by atoms with E-state index in [9.17, 15) is 0 Å². The summed E-state index contributed by atoms with van der Waals surface area (Å²) in [6.45, 7) is 0.688. The van der Waals surface area contributed by atoms with Gasteiger partial charge in [-0.2, -0.15) is 0 Å². The van der Waals surface area contributed by atoms with Crippen LogP contribution in [0.3, 0.4) is 0 Å². The minimum absolute atomic E-state index is 0.688. The molecule has 4 nitrogen and oxygen atoms in total. The Morgan fingerprint density at radius 3 is 2.62 bits per heavy atom. The maximum absolute atomic E-state index is 6.31. The molecule has 1 heterocycles. The molecule has 3 N–H and O–H groups in total. The monoisotopic (exact) mass is 436 g/mol. The fourth-order valence-corrected chi connectivity index (χ4v) is 4.12. The number of halogens is 2. The first-order valence-corrected chi connectivity index (χ1v) is 9.68. The van der Waals surface area contributed by atoms with Crippen LogP contribution in [0.2, 0.25) is 5.02 Å². The molecule has 2 aromatic carbocycles.